The van der Waals surface area contributed by atoms with E-state index in [0.717, 1.165) is 0 Å². The van der Waals surface area contributed by atoms with Gasteiger partial charge in [0.2, 0.25) is 0 Å². The van der Waals surface area contributed by atoms with Gasteiger partial charge in [-0.05, 0) is 5.53 Å². The predicted molar refractivity (Wildman–Crippen MR) is 24.9 cm³/mol. The van der Waals surface area contributed by atoms with Crippen molar-refractivity contribution in [3.8, 4) is 0 Å². The van der Waals surface area contributed by atoms with E-state index in [2.05, 4.69) is 10.0 Å². The van der Waals surface area contributed by atoms with Crippen LogP contribution in [0.2, 0.25) is 0 Å². The first kappa shape index (κ1) is 7.17. The maximum absolute atomic E-state index is 11.3. The number of halogens is 2. The van der Waals surface area contributed by atoms with Crippen molar-refractivity contribution >= 4 is 0 Å². The highest BCUT2D eigenvalue weighted by Gasteiger charge is 2.01. The second-order valence-electron chi connectivity index (χ2n) is 1.17. The molecule has 0 bridgehead atoms. The van der Waals surface area contributed by atoms with E-state index in [1.54, 1.807) is 0 Å². The number of hydrogen-bond donors (Lipinski definition) is 0. The molecule has 3 nitrogen and oxygen atoms in total. The summed E-state index contributed by atoms with van der Waals surface area (Å²) < 4.78 is 22.7. The van der Waals surface area contributed by atoms with Crippen LogP contribution in [0.25, 0.3) is 10.4 Å². The summed E-state index contributed by atoms with van der Waals surface area (Å²) in [6.07, 6.45) is 0. The van der Waals surface area contributed by atoms with Gasteiger partial charge in [0.1, 0.15) is 13.3 Å². The van der Waals surface area contributed by atoms with Gasteiger partial charge in [0, 0.05) is 4.91 Å². The Morgan fingerprint density at radius 2 is 2.00 bits per heavy atom. The molecule has 0 radical (unpaired) electrons. The molecule has 0 saturated heterocycles. The summed E-state index contributed by atoms with van der Waals surface area (Å²) >= 11 is 0. The fourth-order valence-corrected chi connectivity index (χ4v) is 0.176. The summed E-state index contributed by atoms with van der Waals surface area (Å²) in [4.78, 5) is 2.22. The Balaban J connectivity index is 3.52. The van der Waals surface area contributed by atoms with Crippen LogP contribution in [-0.2, 0) is 0 Å². The molecule has 0 amide bonds. The van der Waals surface area contributed by atoms with Crippen LogP contribution in [0.1, 0.15) is 0 Å². The number of hydrogen-bond acceptors (Lipinski definition) is 1. The predicted octanol–water partition coefficient (Wildman–Crippen LogP) is 1.60. The van der Waals surface area contributed by atoms with E-state index in [9.17, 15) is 8.78 Å². The van der Waals surface area contributed by atoms with Gasteiger partial charge in [-0.1, -0.05) is 5.11 Å². The Morgan fingerprint density at radius 3 is 2.12 bits per heavy atom. The molecular weight excluding hydrogens is 116 g/mol. The van der Waals surface area contributed by atoms with Crippen molar-refractivity contribution in [2.45, 2.75) is 6.04 Å². The van der Waals surface area contributed by atoms with Gasteiger partial charge in [-0.15, -0.1) is 0 Å². The molecule has 8 heavy (non-hydrogen) atoms. The monoisotopic (exact) mass is 121 g/mol. The van der Waals surface area contributed by atoms with E-state index in [1.807, 2.05) is 0 Å². The maximum atomic E-state index is 11.3. The number of rotatable bonds is 3. The molecular formula is C3H5F2N3. The number of azide groups is 1. The zero-order valence-corrected chi connectivity index (χ0v) is 4.09. The lowest BCUT2D eigenvalue weighted by Gasteiger charge is -1.93. The zero-order chi connectivity index (χ0) is 6.41. The van der Waals surface area contributed by atoms with Crippen molar-refractivity contribution in [3.05, 3.63) is 10.4 Å². The van der Waals surface area contributed by atoms with Crippen LogP contribution in [-0.4, -0.2) is 19.4 Å². The van der Waals surface area contributed by atoms with E-state index >= 15 is 0 Å². The van der Waals surface area contributed by atoms with E-state index < -0.39 is 19.4 Å². The Kier molecular flexibility index (Phi) is 3.88. The largest absolute Gasteiger partial charge is 0.251 e. The average Bonchev–Trinajstić information content (AvgIpc) is 1.83. The highest BCUT2D eigenvalue weighted by atomic mass is 19.1. The molecule has 0 heterocycles. The highest BCUT2D eigenvalue weighted by molar-refractivity contribution is 4.62. The summed E-state index contributed by atoms with van der Waals surface area (Å²) in [6.45, 7) is -1.86. The van der Waals surface area contributed by atoms with E-state index in [-0.39, 0.29) is 0 Å². The third-order valence-corrected chi connectivity index (χ3v) is 0.571. The summed E-state index contributed by atoms with van der Waals surface area (Å²) in [5.41, 5.74) is 7.62. The molecule has 0 atom stereocenters. The molecule has 0 aliphatic carbocycles. The summed E-state index contributed by atoms with van der Waals surface area (Å²) in [5.74, 6) is 0. The Bertz CT molecular complexity index is 94.7. The SMILES string of the molecule is [N-]=[N+]=NC(CF)CF. The number of nitrogens with zero attached hydrogens (tertiary/aromatic N) is 3. The lowest BCUT2D eigenvalue weighted by Crippen LogP contribution is -2.07. The minimum Gasteiger partial charge on any atom is -0.251 e. The first-order valence-corrected chi connectivity index (χ1v) is 2.01. The molecule has 0 saturated carbocycles. The van der Waals surface area contributed by atoms with Crippen molar-refractivity contribution < 1.29 is 8.78 Å². The topological polar surface area (TPSA) is 48.8 Å². The van der Waals surface area contributed by atoms with Gasteiger partial charge in [-0.3, -0.25) is 8.78 Å². The summed E-state index contributed by atoms with van der Waals surface area (Å²) in [6, 6.07) is -1.13. The first-order chi connectivity index (χ1) is 3.85. The van der Waals surface area contributed by atoms with Gasteiger partial charge in [0.15, 0.2) is 0 Å². The van der Waals surface area contributed by atoms with Crippen molar-refractivity contribution in [2.24, 2.45) is 5.11 Å². The number of alkyl halides is 2. The third-order valence-electron chi connectivity index (χ3n) is 0.571. The average molecular weight is 121 g/mol. The van der Waals surface area contributed by atoms with Gasteiger partial charge in [-0.2, -0.15) is 0 Å². The van der Waals surface area contributed by atoms with Gasteiger partial charge in [0.05, 0.1) is 6.04 Å². The van der Waals surface area contributed by atoms with Crippen molar-refractivity contribution in [3.63, 3.8) is 0 Å². The maximum Gasteiger partial charge on any atom is 0.100 e. The van der Waals surface area contributed by atoms with Gasteiger partial charge >= 0.3 is 0 Å². The van der Waals surface area contributed by atoms with Crippen LogP contribution in [0.5, 0.6) is 0 Å². The van der Waals surface area contributed by atoms with Crippen LogP contribution in [0.15, 0.2) is 5.11 Å². The van der Waals surface area contributed by atoms with E-state index in [1.165, 1.54) is 0 Å². The molecule has 0 N–H and O–H groups in total. The van der Waals surface area contributed by atoms with Gasteiger partial charge < -0.3 is 0 Å². The standard InChI is InChI=1S/C3H5F2N3/c4-1-3(2-5)7-8-6/h3H,1-2H2. The smallest absolute Gasteiger partial charge is 0.100 e. The molecule has 0 aromatic rings. The minimum absolute atomic E-state index is 0.930. The highest BCUT2D eigenvalue weighted by Crippen LogP contribution is 1.92. The third kappa shape index (κ3) is 2.36. The van der Waals surface area contributed by atoms with Crippen molar-refractivity contribution in [1.29, 1.82) is 0 Å². The van der Waals surface area contributed by atoms with Gasteiger partial charge in [0.25, 0.3) is 0 Å². The molecule has 0 aromatic heterocycles. The lowest BCUT2D eigenvalue weighted by molar-refractivity contribution is 0.352. The van der Waals surface area contributed by atoms with E-state index in [4.69, 9.17) is 5.53 Å². The molecule has 5 heteroatoms. The molecule has 0 unspecified atom stereocenters. The molecule has 0 rings (SSSR count). The second-order valence-corrected chi connectivity index (χ2v) is 1.17. The molecule has 0 aliphatic heterocycles. The zero-order valence-electron chi connectivity index (χ0n) is 4.09. The second kappa shape index (κ2) is 4.33. The van der Waals surface area contributed by atoms with E-state index in [0.29, 0.717) is 0 Å². The van der Waals surface area contributed by atoms with Crippen molar-refractivity contribution in [1.82, 2.24) is 0 Å². The Hall–Kier alpha value is -0.830. The van der Waals surface area contributed by atoms with Gasteiger partial charge in [-0.25, -0.2) is 0 Å². The first-order valence-electron chi connectivity index (χ1n) is 2.01. The normalized spacial score (nSPS) is 8.88. The Morgan fingerprint density at radius 1 is 1.50 bits per heavy atom. The van der Waals surface area contributed by atoms with Crippen LogP contribution < -0.4 is 0 Å². The summed E-state index contributed by atoms with van der Waals surface area (Å²) in [7, 11) is 0. The lowest BCUT2D eigenvalue weighted by atomic mass is 10.4. The quantitative estimate of drug-likeness (QED) is 0.309. The van der Waals surface area contributed by atoms with Crippen LogP contribution in [0.3, 0.4) is 0 Å². The van der Waals surface area contributed by atoms with Crippen LogP contribution >= 0.6 is 0 Å². The Labute approximate surface area is 44.9 Å². The molecule has 46 valence electrons. The minimum atomic E-state index is -1.13. The van der Waals surface area contributed by atoms with Crippen molar-refractivity contribution in [2.75, 3.05) is 13.3 Å². The molecule has 0 aromatic carbocycles. The molecule has 0 aliphatic rings. The van der Waals surface area contributed by atoms with Crippen LogP contribution in [0.4, 0.5) is 8.78 Å². The fourth-order valence-electron chi connectivity index (χ4n) is 0.176. The van der Waals surface area contributed by atoms with Crippen LogP contribution in [0, 0.1) is 0 Å². The molecule has 0 spiro atoms. The fraction of sp³-hybridized carbons (Fsp3) is 1.00. The summed E-state index contributed by atoms with van der Waals surface area (Å²) in [5, 5.41) is 2.79. The molecule has 0 fully saturated rings.